The number of nitrogens with zero attached hydrogens (tertiary/aromatic N) is 2. The lowest BCUT2D eigenvalue weighted by Gasteiger charge is -2.45. The lowest BCUT2D eigenvalue weighted by Crippen LogP contribution is -2.63. The Morgan fingerprint density at radius 1 is 1.30 bits per heavy atom. The van der Waals surface area contributed by atoms with Crippen molar-refractivity contribution in [3.8, 4) is 0 Å². The lowest BCUT2D eigenvalue weighted by atomic mass is 10.0. The van der Waals surface area contributed by atoms with E-state index in [4.69, 9.17) is 4.74 Å². The average Bonchev–Trinajstić information content (AvgIpc) is 2.62. The second-order valence-corrected chi connectivity index (χ2v) is 6.37. The van der Waals surface area contributed by atoms with Gasteiger partial charge in [0.2, 0.25) is 0 Å². The number of carboxylic acid groups (broad SMARTS) is 1. The predicted octanol–water partition coefficient (Wildman–Crippen LogP) is 1.11. The molecule has 2 N–H and O–H groups in total. The van der Waals surface area contributed by atoms with Gasteiger partial charge in [0.05, 0.1) is 24.7 Å². The van der Waals surface area contributed by atoms with Gasteiger partial charge in [0.25, 0.3) is 0 Å². The van der Waals surface area contributed by atoms with Crippen LogP contribution in [0.15, 0.2) is 0 Å². The second kappa shape index (κ2) is 5.12. The number of aliphatic hydroxyl groups excluding tert-OH is 1. The van der Waals surface area contributed by atoms with Gasteiger partial charge in [-0.25, -0.2) is 9.59 Å². The highest BCUT2D eigenvalue weighted by Crippen LogP contribution is 2.34. The van der Waals surface area contributed by atoms with Crippen LogP contribution in [-0.4, -0.2) is 69.1 Å². The zero-order valence-corrected chi connectivity index (χ0v) is 12.1. The maximum Gasteiger partial charge on any atom is 0.410 e. The van der Waals surface area contributed by atoms with Crippen LogP contribution in [0.3, 0.4) is 0 Å². The van der Waals surface area contributed by atoms with Crippen LogP contribution in [0, 0.1) is 0 Å². The molecule has 2 amide bonds. The first kappa shape index (κ1) is 14.9. The molecule has 2 rings (SSSR count). The highest BCUT2D eigenvalue weighted by molar-refractivity contribution is 5.71. The third-order valence-electron chi connectivity index (χ3n) is 3.83. The number of rotatable bonds is 1. The number of hydrogen-bond acceptors (Lipinski definition) is 4. The van der Waals surface area contributed by atoms with Gasteiger partial charge in [-0.05, 0) is 33.6 Å². The zero-order chi connectivity index (χ0) is 15.1. The minimum atomic E-state index is -0.986. The van der Waals surface area contributed by atoms with E-state index in [0.717, 1.165) is 0 Å². The van der Waals surface area contributed by atoms with E-state index >= 15 is 0 Å². The molecular formula is C13H22N2O5. The first-order valence-electron chi connectivity index (χ1n) is 6.86. The van der Waals surface area contributed by atoms with Crippen molar-refractivity contribution in [1.82, 2.24) is 9.80 Å². The van der Waals surface area contributed by atoms with Crippen molar-refractivity contribution in [2.24, 2.45) is 0 Å². The van der Waals surface area contributed by atoms with Crippen molar-refractivity contribution in [3.63, 3.8) is 0 Å². The number of amides is 2. The molecular weight excluding hydrogens is 264 g/mol. The largest absolute Gasteiger partial charge is 0.465 e. The second-order valence-electron chi connectivity index (χ2n) is 6.37. The Balaban J connectivity index is 2.17. The smallest absolute Gasteiger partial charge is 0.410 e. The third-order valence-corrected chi connectivity index (χ3v) is 3.83. The highest BCUT2D eigenvalue weighted by Gasteiger charge is 2.50. The molecule has 2 bridgehead atoms. The number of fused-ring (bicyclic) bond motifs is 2. The van der Waals surface area contributed by atoms with Crippen LogP contribution in [0.1, 0.15) is 33.6 Å². The summed E-state index contributed by atoms with van der Waals surface area (Å²) in [5.74, 6) is 0. The van der Waals surface area contributed by atoms with Crippen molar-refractivity contribution in [2.45, 2.75) is 57.3 Å². The van der Waals surface area contributed by atoms with Gasteiger partial charge in [-0.2, -0.15) is 0 Å². The maximum atomic E-state index is 12.2. The Morgan fingerprint density at radius 2 is 1.95 bits per heavy atom. The number of ether oxygens (including phenoxy) is 1. The monoisotopic (exact) mass is 286 g/mol. The summed E-state index contributed by atoms with van der Waals surface area (Å²) < 4.78 is 5.34. The Morgan fingerprint density at radius 3 is 2.45 bits per heavy atom. The minimum Gasteiger partial charge on any atom is -0.465 e. The van der Waals surface area contributed by atoms with E-state index in [-0.39, 0.29) is 25.2 Å². The summed E-state index contributed by atoms with van der Waals surface area (Å²) in [6.45, 7) is 5.35. The fraction of sp³-hybridized carbons (Fsp3) is 0.846. The SMILES string of the molecule is CC(C)(C)OC(=O)N1C[C@H]2CC[C@@H]([C@H]1CO)N2C(=O)O. The van der Waals surface area contributed by atoms with E-state index in [0.29, 0.717) is 12.8 Å². The van der Waals surface area contributed by atoms with Gasteiger partial charge in [0, 0.05) is 6.54 Å². The van der Waals surface area contributed by atoms with Gasteiger partial charge < -0.3 is 14.9 Å². The molecule has 7 heteroatoms. The van der Waals surface area contributed by atoms with Crippen molar-refractivity contribution >= 4 is 12.2 Å². The summed E-state index contributed by atoms with van der Waals surface area (Å²) in [5, 5.41) is 18.8. The normalized spacial score (nSPS) is 29.5. The molecule has 2 aliphatic rings. The Kier molecular flexibility index (Phi) is 3.82. The molecule has 2 fully saturated rings. The molecule has 2 heterocycles. The van der Waals surface area contributed by atoms with Gasteiger partial charge >= 0.3 is 12.2 Å². The van der Waals surface area contributed by atoms with Gasteiger partial charge in [0.1, 0.15) is 5.60 Å². The topological polar surface area (TPSA) is 90.3 Å². The highest BCUT2D eigenvalue weighted by atomic mass is 16.6. The standard InChI is InChI=1S/C13H22N2O5/c1-13(2,3)20-12(19)14-6-8-4-5-9(10(14)7-16)15(8)11(17)18/h8-10,16H,4-7H2,1-3H3,(H,17,18)/t8-,9+,10-/m1/s1. The number of aliphatic hydroxyl groups is 1. The summed E-state index contributed by atoms with van der Waals surface area (Å²) in [6, 6.07) is -1.07. The van der Waals surface area contributed by atoms with E-state index in [2.05, 4.69) is 0 Å². The molecule has 0 unspecified atom stereocenters. The van der Waals surface area contributed by atoms with Crippen LogP contribution in [-0.2, 0) is 4.74 Å². The van der Waals surface area contributed by atoms with Crippen molar-refractivity contribution in [3.05, 3.63) is 0 Å². The molecule has 0 saturated carbocycles. The van der Waals surface area contributed by atoms with Crippen molar-refractivity contribution < 1.29 is 24.5 Å². The zero-order valence-electron chi connectivity index (χ0n) is 12.1. The third kappa shape index (κ3) is 2.67. The summed E-state index contributed by atoms with van der Waals surface area (Å²) in [6.07, 6.45) is -0.0906. The number of hydrogen-bond donors (Lipinski definition) is 2. The van der Waals surface area contributed by atoms with Gasteiger partial charge in [-0.3, -0.25) is 9.80 Å². The van der Waals surface area contributed by atoms with Crippen molar-refractivity contribution in [2.75, 3.05) is 13.2 Å². The van der Waals surface area contributed by atoms with Crippen LogP contribution in [0.25, 0.3) is 0 Å². The van der Waals surface area contributed by atoms with Crippen LogP contribution in [0.4, 0.5) is 9.59 Å². The van der Waals surface area contributed by atoms with Gasteiger partial charge in [0.15, 0.2) is 0 Å². The first-order chi connectivity index (χ1) is 9.24. The molecule has 0 radical (unpaired) electrons. The quantitative estimate of drug-likeness (QED) is 0.753. The predicted molar refractivity (Wildman–Crippen MR) is 70.5 cm³/mol. The maximum absolute atomic E-state index is 12.2. The Hall–Kier alpha value is -1.50. The fourth-order valence-electron chi connectivity index (χ4n) is 3.09. The van der Waals surface area contributed by atoms with Crippen LogP contribution >= 0.6 is 0 Å². The summed E-state index contributed by atoms with van der Waals surface area (Å²) in [5.41, 5.74) is -0.611. The van der Waals surface area contributed by atoms with E-state index in [9.17, 15) is 19.8 Å². The summed E-state index contributed by atoms with van der Waals surface area (Å²) in [7, 11) is 0. The van der Waals surface area contributed by atoms with Crippen LogP contribution in [0.2, 0.25) is 0 Å². The molecule has 3 atom stereocenters. The molecule has 2 saturated heterocycles. The first-order valence-corrected chi connectivity index (χ1v) is 6.86. The minimum absolute atomic E-state index is 0.201. The molecule has 0 aliphatic carbocycles. The number of piperazine rings is 1. The van der Waals surface area contributed by atoms with E-state index in [1.54, 1.807) is 20.8 Å². The molecule has 114 valence electrons. The Bertz CT molecular complexity index is 406. The number of carbonyl (C=O) groups excluding carboxylic acids is 1. The van der Waals surface area contributed by atoms with E-state index in [1.165, 1.54) is 9.80 Å². The lowest BCUT2D eigenvalue weighted by molar-refractivity contribution is -0.0293. The van der Waals surface area contributed by atoms with Crippen LogP contribution in [0.5, 0.6) is 0 Å². The molecule has 0 aromatic carbocycles. The number of carbonyl (C=O) groups is 2. The van der Waals surface area contributed by atoms with Crippen molar-refractivity contribution in [1.29, 1.82) is 0 Å². The van der Waals surface area contributed by atoms with Gasteiger partial charge in [-0.15, -0.1) is 0 Å². The summed E-state index contributed by atoms with van der Waals surface area (Å²) in [4.78, 5) is 26.4. The van der Waals surface area contributed by atoms with E-state index < -0.39 is 23.8 Å². The van der Waals surface area contributed by atoms with Gasteiger partial charge in [-0.1, -0.05) is 0 Å². The average molecular weight is 286 g/mol. The molecule has 0 aromatic rings. The molecule has 0 aromatic heterocycles. The summed E-state index contributed by atoms with van der Waals surface area (Å²) >= 11 is 0. The fourth-order valence-corrected chi connectivity index (χ4v) is 3.09. The molecule has 20 heavy (non-hydrogen) atoms. The molecule has 7 nitrogen and oxygen atoms in total. The Labute approximate surface area is 118 Å². The molecule has 0 spiro atoms. The number of likely N-dealkylation sites (tertiary alicyclic amines) is 1. The van der Waals surface area contributed by atoms with Crippen LogP contribution < -0.4 is 0 Å². The molecule has 2 aliphatic heterocycles. The van der Waals surface area contributed by atoms with E-state index in [1.807, 2.05) is 0 Å².